The van der Waals surface area contributed by atoms with E-state index in [0.29, 0.717) is 18.2 Å². The fourth-order valence-corrected chi connectivity index (χ4v) is 3.18. The van der Waals surface area contributed by atoms with Crippen LogP contribution in [0.15, 0.2) is 30.3 Å². The lowest BCUT2D eigenvalue weighted by atomic mass is 9.94. The first kappa shape index (κ1) is 17.5. The summed E-state index contributed by atoms with van der Waals surface area (Å²) >= 11 is 0. The van der Waals surface area contributed by atoms with Crippen LogP contribution in [-0.2, 0) is 9.53 Å². The van der Waals surface area contributed by atoms with Gasteiger partial charge in [-0.2, -0.15) is 4.68 Å². The van der Waals surface area contributed by atoms with Gasteiger partial charge in [-0.1, -0.05) is 18.2 Å². The number of ether oxygens (including phenoxy) is 1. The molecule has 2 heterocycles. The van der Waals surface area contributed by atoms with Crippen LogP contribution in [0.25, 0.3) is 5.69 Å². The van der Waals surface area contributed by atoms with E-state index in [2.05, 4.69) is 20.8 Å². The van der Waals surface area contributed by atoms with Gasteiger partial charge in [0, 0.05) is 19.6 Å². The highest BCUT2D eigenvalue weighted by molar-refractivity contribution is 5.76. The van der Waals surface area contributed by atoms with E-state index >= 15 is 0 Å². The topological polar surface area (TPSA) is 81.9 Å². The highest BCUT2D eigenvalue weighted by Crippen LogP contribution is 2.21. The minimum absolute atomic E-state index is 0.0437. The van der Waals surface area contributed by atoms with Crippen molar-refractivity contribution in [2.24, 2.45) is 5.92 Å². The Bertz CT molecular complexity index is 667. The maximum absolute atomic E-state index is 12.2. The molecule has 0 bridgehead atoms. The predicted octanol–water partition coefficient (Wildman–Crippen LogP) is 2.44. The molecule has 1 fully saturated rings. The first-order chi connectivity index (χ1) is 12.2. The Hall–Kier alpha value is -2.28. The van der Waals surface area contributed by atoms with Crippen molar-refractivity contribution in [2.45, 2.75) is 45.1 Å². The molecule has 1 unspecified atom stereocenters. The molecule has 7 heteroatoms. The average Bonchev–Trinajstić information content (AvgIpc) is 3.13. The third-order valence-electron chi connectivity index (χ3n) is 4.62. The largest absolute Gasteiger partial charge is 0.381 e. The van der Waals surface area contributed by atoms with Crippen LogP contribution in [0.3, 0.4) is 0 Å². The number of rotatable bonds is 7. The molecule has 3 rings (SSSR count). The van der Waals surface area contributed by atoms with Crippen LogP contribution < -0.4 is 5.32 Å². The van der Waals surface area contributed by atoms with Crippen LogP contribution in [0.4, 0.5) is 0 Å². The van der Waals surface area contributed by atoms with Gasteiger partial charge < -0.3 is 10.1 Å². The van der Waals surface area contributed by atoms with E-state index in [1.54, 1.807) is 4.68 Å². The highest BCUT2D eigenvalue weighted by Gasteiger charge is 2.18. The Labute approximate surface area is 147 Å². The molecule has 0 radical (unpaired) electrons. The van der Waals surface area contributed by atoms with Crippen molar-refractivity contribution in [1.29, 1.82) is 0 Å². The fourth-order valence-electron chi connectivity index (χ4n) is 3.18. The van der Waals surface area contributed by atoms with Gasteiger partial charge in [-0.15, -0.1) is 5.10 Å². The fraction of sp³-hybridized carbons (Fsp3) is 0.556. The maximum atomic E-state index is 12.2. The van der Waals surface area contributed by atoms with Crippen molar-refractivity contribution in [1.82, 2.24) is 25.5 Å². The van der Waals surface area contributed by atoms with Gasteiger partial charge >= 0.3 is 0 Å². The van der Waals surface area contributed by atoms with Gasteiger partial charge in [-0.3, -0.25) is 4.79 Å². The van der Waals surface area contributed by atoms with Crippen molar-refractivity contribution >= 4 is 5.91 Å². The monoisotopic (exact) mass is 343 g/mol. The highest BCUT2D eigenvalue weighted by atomic mass is 16.5. The van der Waals surface area contributed by atoms with Gasteiger partial charge in [0.15, 0.2) is 5.82 Å². The van der Waals surface area contributed by atoms with Gasteiger partial charge in [-0.25, -0.2) is 0 Å². The summed E-state index contributed by atoms with van der Waals surface area (Å²) in [6.07, 6.45) is 4.77. The van der Waals surface area contributed by atoms with E-state index < -0.39 is 0 Å². The molecule has 7 nitrogen and oxygen atoms in total. The lowest BCUT2D eigenvalue weighted by Gasteiger charge is -2.21. The molecule has 2 aromatic rings. The van der Waals surface area contributed by atoms with Crippen molar-refractivity contribution in [2.75, 3.05) is 13.2 Å². The summed E-state index contributed by atoms with van der Waals surface area (Å²) in [6.45, 7) is 3.62. The summed E-state index contributed by atoms with van der Waals surface area (Å²) in [4.78, 5) is 12.2. The van der Waals surface area contributed by atoms with Crippen molar-refractivity contribution in [3.05, 3.63) is 36.2 Å². The zero-order valence-corrected chi connectivity index (χ0v) is 14.6. The predicted molar refractivity (Wildman–Crippen MR) is 93.1 cm³/mol. The normalized spacial score (nSPS) is 16.5. The second-order valence-electron chi connectivity index (χ2n) is 6.52. The molecular formula is C18H25N5O2. The van der Waals surface area contributed by atoms with Gasteiger partial charge in [0.25, 0.3) is 0 Å². The smallest absolute Gasteiger partial charge is 0.220 e. The number of benzene rings is 1. The maximum Gasteiger partial charge on any atom is 0.220 e. The molecule has 1 N–H and O–H groups in total. The minimum Gasteiger partial charge on any atom is -0.381 e. The molecule has 0 spiro atoms. The van der Waals surface area contributed by atoms with E-state index in [0.717, 1.165) is 44.6 Å². The number of hydrogen-bond acceptors (Lipinski definition) is 5. The van der Waals surface area contributed by atoms with Crippen molar-refractivity contribution in [3.63, 3.8) is 0 Å². The van der Waals surface area contributed by atoms with Crippen LogP contribution in [0.5, 0.6) is 0 Å². The standard InChI is InChI=1S/C18H25N5O2/c1-14(18-20-21-22-23(18)16-7-3-2-4-8-16)19-17(24)9-5-6-15-10-12-25-13-11-15/h2-4,7-8,14-15H,5-6,9-13H2,1H3,(H,19,24). The molecule has 1 saturated heterocycles. The molecule has 0 saturated carbocycles. The summed E-state index contributed by atoms with van der Waals surface area (Å²) in [5, 5.41) is 14.9. The number of para-hydroxylation sites is 1. The number of tetrazole rings is 1. The second-order valence-corrected chi connectivity index (χ2v) is 6.52. The lowest BCUT2D eigenvalue weighted by Crippen LogP contribution is -2.28. The van der Waals surface area contributed by atoms with E-state index in [1.807, 2.05) is 37.3 Å². The summed E-state index contributed by atoms with van der Waals surface area (Å²) in [5.74, 6) is 1.37. The Kier molecular flexibility index (Phi) is 6.11. The Morgan fingerprint density at radius 2 is 2.08 bits per heavy atom. The number of nitrogens with one attached hydrogen (secondary N) is 1. The second kappa shape index (κ2) is 8.71. The minimum atomic E-state index is -0.245. The third-order valence-corrected chi connectivity index (χ3v) is 4.62. The number of nitrogens with zero attached hydrogens (tertiary/aromatic N) is 4. The van der Waals surface area contributed by atoms with Crippen LogP contribution in [-0.4, -0.2) is 39.3 Å². The molecule has 25 heavy (non-hydrogen) atoms. The van der Waals surface area contributed by atoms with E-state index in [-0.39, 0.29) is 11.9 Å². The van der Waals surface area contributed by atoms with Crippen LogP contribution in [0.1, 0.15) is 50.9 Å². The van der Waals surface area contributed by atoms with Gasteiger partial charge in [0.1, 0.15) is 0 Å². The average molecular weight is 343 g/mol. The molecular weight excluding hydrogens is 318 g/mol. The van der Waals surface area contributed by atoms with Crippen LogP contribution in [0, 0.1) is 5.92 Å². The number of carbonyl (C=O) groups is 1. The van der Waals surface area contributed by atoms with E-state index in [4.69, 9.17) is 4.74 Å². The first-order valence-corrected chi connectivity index (χ1v) is 8.95. The van der Waals surface area contributed by atoms with Gasteiger partial charge in [-0.05, 0) is 61.1 Å². The summed E-state index contributed by atoms with van der Waals surface area (Å²) in [5.41, 5.74) is 0.878. The lowest BCUT2D eigenvalue weighted by molar-refractivity contribution is -0.122. The third kappa shape index (κ3) is 4.85. The van der Waals surface area contributed by atoms with E-state index in [1.165, 1.54) is 0 Å². The Morgan fingerprint density at radius 1 is 1.32 bits per heavy atom. The van der Waals surface area contributed by atoms with E-state index in [9.17, 15) is 4.79 Å². The quantitative estimate of drug-likeness (QED) is 0.835. The first-order valence-electron chi connectivity index (χ1n) is 8.95. The Morgan fingerprint density at radius 3 is 2.84 bits per heavy atom. The van der Waals surface area contributed by atoms with Crippen LogP contribution >= 0.6 is 0 Å². The molecule has 1 atom stereocenters. The molecule has 1 amide bonds. The zero-order valence-electron chi connectivity index (χ0n) is 14.6. The molecule has 134 valence electrons. The molecule has 1 aromatic heterocycles. The SMILES string of the molecule is CC(NC(=O)CCCC1CCOCC1)c1nnnn1-c1ccccc1. The van der Waals surface area contributed by atoms with Crippen LogP contribution in [0.2, 0.25) is 0 Å². The van der Waals surface area contributed by atoms with Gasteiger partial charge in [0.2, 0.25) is 5.91 Å². The molecule has 1 aromatic carbocycles. The number of aromatic nitrogens is 4. The number of hydrogen-bond donors (Lipinski definition) is 1. The van der Waals surface area contributed by atoms with Crippen molar-refractivity contribution in [3.8, 4) is 5.69 Å². The summed E-state index contributed by atoms with van der Waals surface area (Å²) in [6, 6.07) is 9.42. The number of carbonyl (C=O) groups excluding carboxylic acids is 1. The number of amides is 1. The molecule has 1 aliphatic rings. The van der Waals surface area contributed by atoms with Gasteiger partial charge in [0.05, 0.1) is 11.7 Å². The van der Waals surface area contributed by atoms with Crippen molar-refractivity contribution < 1.29 is 9.53 Å². The molecule has 0 aliphatic carbocycles. The summed E-state index contributed by atoms with van der Waals surface area (Å²) < 4.78 is 7.03. The zero-order chi connectivity index (χ0) is 17.5. The Balaban J connectivity index is 1.49. The molecule has 1 aliphatic heterocycles. The summed E-state index contributed by atoms with van der Waals surface area (Å²) in [7, 11) is 0.